The molecule has 2 aromatic rings. The predicted octanol–water partition coefficient (Wildman–Crippen LogP) is 3.04. The maximum absolute atomic E-state index is 11.8. The molecule has 0 aromatic heterocycles. The van der Waals surface area contributed by atoms with Crippen molar-refractivity contribution in [3.8, 4) is 0 Å². The summed E-state index contributed by atoms with van der Waals surface area (Å²) in [7, 11) is 0. The molecular weight excluding hydrogens is 318 g/mol. The molecule has 0 saturated heterocycles. The first-order valence-electron chi connectivity index (χ1n) is 8.36. The third-order valence-corrected chi connectivity index (χ3v) is 3.76. The van der Waals surface area contributed by atoms with Crippen LogP contribution in [0.3, 0.4) is 0 Å². The van der Waals surface area contributed by atoms with Crippen molar-refractivity contribution in [2.45, 2.75) is 25.8 Å². The van der Waals surface area contributed by atoms with Crippen molar-refractivity contribution in [2.24, 2.45) is 0 Å². The number of benzene rings is 2. The van der Waals surface area contributed by atoms with E-state index in [1.54, 1.807) is 12.1 Å². The molecule has 5 heteroatoms. The maximum Gasteiger partial charge on any atom is 0.335 e. The van der Waals surface area contributed by atoms with E-state index in [-0.39, 0.29) is 11.5 Å². The molecule has 0 spiro atoms. The Hall–Kier alpha value is -2.66. The van der Waals surface area contributed by atoms with Gasteiger partial charge < -0.3 is 15.2 Å². The van der Waals surface area contributed by atoms with E-state index in [0.717, 1.165) is 12.0 Å². The summed E-state index contributed by atoms with van der Waals surface area (Å²) in [6.45, 7) is 1.61. The van der Waals surface area contributed by atoms with E-state index in [9.17, 15) is 9.59 Å². The van der Waals surface area contributed by atoms with Crippen LogP contribution in [0.5, 0.6) is 0 Å². The lowest BCUT2D eigenvalue weighted by Gasteiger charge is -2.07. The first kappa shape index (κ1) is 18.7. The Morgan fingerprint density at radius 2 is 1.64 bits per heavy atom. The molecule has 132 valence electrons. The number of ether oxygens (including phenoxy) is 1. The molecule has 0 heterocycles. The van der Waals surface area contributed by atoms with E-state index >= 15 is 0 Å². The van der Waals surface area contributed by atoms with Gasteiger partial charge in [0.2, 0.25) is 5.91 Å². The minimum Gasteiger partial charge on any atom is -0.478 e. The molecule has 2 N–H and O–H groups in total. The smallest absolute Gasteiger partial charge is 0.335 e. The van der Waals surface area contributed by atoms with Gasteiger partial charge in [0.1, 0.15) is 0 Å². The fourth-order valence-electron chi connectivity index (χ4n) is 2.33. The summed E-state index contributed by atoms with van der Waals surface area (Å²) in [4.78, 5) is 22.6. The molecule has 2 rings (SSSR count). The Labute approximate surface area is 147 Å². The first-order chi connectivity index (χ1) is 12.1. The Balaban J connectivity index is 1.54. The van der Waals surface area contributed by atoms with Crippen LogP contribution in [0.4, 0.5) is 0 Å². The number of carbonyl (C=O) groups is 2. The highest BCUT2D eigenvalue weighted by molar-refractivity contribution is 5.87. The lowest BCUT2D eigenvalue weighted by atomic mass is 10.1. The Morgan fingerprint density at radius 1 is 0.920 bits per heavy atom. The summed E-state index contributed by atoms with van der Waals surface area (Å²) in [6.07, 6.45) is 1.97. The molecule has 0 fully saturated rings. The highest BCUT2D eigenvalue weighted by atomic mass is 16.5. The van der Waals surface area contributed by atoms with Crippen molar-refractivity contribution in [3.63, 3.8) is 0 Å². The highest BCUT2D eigenvalue weighted by Crippen LogP contribution is 2.04. The minimum absolute atomic E-state index is 0.0334. The lowest BCUT2D eigenvalue weighted by Crippen LogP contribution is -2.22. The fourth-order valence-corrected chi connectivity index (χ4v) is 2.33. The topological polar surface area (TPSA) is 75.6 Å². The number of hydrogen-bond donors (Lipinski definition) is 2. The van der Waals surface area contributed by atoms with Crippen molar-refractivity contribution >= 4 is 11.9 Å². The Kier molecular flexibility index (Phi) is 7.66. The number of nitrogens with one attached hydrogen (secondary N) is 1. The van der Waals surface area contributed by atoms with E-state index in [0.29, 0.717) is 32.6 Å². The van der Waals surface area contributed by atoms with E-state index in [4.69, 9.17) is 9.84 Å². The van der Waals surface area contributed by atoms with Crippen LogP contribution in [0.2, 0.25) is 0 Å². The number of carbonyl (C=O) groups excluding carboxylic acids is 1. The third kappa shape index (κ3) is 7.18. The molecule has 2 aromatic carbocycles. The summed E-state index contributed by atoms with van der Waals surface area (Å²) in [5.74, 6) is -0.989. The standard InChI is InChI=1S/C20H23NO4/c22-19(21-15-17-8-10-18(11-9-17)20(23)24)7-4-13-25-14-12-16-5-2-1-3-6-16/h1-3,5-6,8-11H,4,7,12-15H2,(H,21,22)(H,23,24). The van der Waals surface area contributed by atoms with Crippen LogP contribution in [0, 0.1) is 0 Å². The molecule has 1 amide bonds. The van der Waals surface area contributed by atoms with Gasteiger partial charge >= 0.3 is 5.97 Å². The second kappa shape index (κ2) is 10.3. The zero-order valence-electron chi connectivity index (χ0n) is 14.1. The molecular formula is C20H23NO4. The van der Waals surface area contributed by atoms with Gasteiger partial charge in [-0.1, -0.05) is 42.5 Å². The normalized spacial score (nSPS) is 10.4. The highest BCUT2D eigenvalue weighted by Gasteiger charge is 2.04. The van der Waals surface area contributed by atoms with Crippen LogP contribution in [-0.2, 0) is 22.5 Å². The van der Waals surface area contributed by atoms with Gasteiger partial charge in [-0.3, -0.25) is 4.79 Å². The van der Waals surface area contributed by atoms with Gasteiger partial charge in [0.15, 0.2) is 0 Å². The quantitative estimate of drug-likeness (QED) is 0.651. The van der Waals surface area contributed by atoms with Crippen molar-refractivity contribution in [3.05, 3.63) is 71.3 Å². The van der Waals surface area contributed by atoms with Crippen LogP contribution in [0.15, 0.2) is 54.6 Å². The van der Waals surface area contributed by atoms with E-state index < -0.39 is 5.97 Å². The number of amides is 1. The first-order valence-corrected chi connectivity index (χ1v) is 8.36. The molecule has 0 bridgehead atoms. The minimum atomic E-state index is -0.956. The predicted molar refractivity (Wildman–Crippen MR) is 95.4 cm³/mol. The summed E-state index contributed by atoms with van der Waals surface area (Å²) < 4.78 is 5.55. The Bertz CT molecular complexity index is 668. The van der Waals surface area contributed by atoms with Crippen molar-refractivity contribution in [1.82, 2.24) is 5.32 Å². The second-order valence-corrected chi connectivity index (χ2v) is 5.73. The van der Waals surface area contributed by atoms with Crippen molar-refractivity contribution in [1.29, 1.82) is 0 Å². The van der Waals surface area contributed by atoms with Crippen LogP contribution in [0.1, 0.15) is 34.3 Å². The molecule has 0 atom stereocenters. The fraction of sp³-hybridized carbons (Fsp3) is 0.300. The monoisotopic (exact) mass is 341 g/mol. The van der Waals surface area contributed by atoms with Crippen LogP contribution in [-0.4, -0.2) is 30.2 Å². The van der Waals surface area contributed by atoms with Crippen LogP contribution in [0.25, 0.3) is 0 Å². The molecule has 0 radical (unpaired) electrons. The number of aromatic carboxylic acids is 1. The molecule has 0 aliphatic heterocycles. The van der Waals surface area contributed by atoms with Gasteiger partial charge in [0, 0.05) is 19.6 Å². The van der Waals surface area contributed by atoms with E-state index in [1.165, 1.54) is 17.7 Å². The number of carboxylic acid groups (broad SMARTS) is 1. The SMILES string of the molecule is O=C(CCCOCCc1ccccc1)NCc1ccc(C(=O)O)cc1. The average Bonchev–Trinajstić information content (AvgIpc) is 2.64. The van der Waals surface area contributed by atoms with Crippen LogP contribution >= 0.6 is 0 Å². The summed E-state index contributed by atoms with van der Waals surface area (Å²) >= 11 is 0. The van der Waals surface area contributed by atoms with Gasteiger partial charge in [-0.15, -0.1) is 0 Å². The maximum atomic E-state index is 11.8. The molecule has 5 nitrogen and oxygen atoms in total. The number of hydrogen-bond acceptors (Lipinski definition) is 3. The van der Waals surface area contributed by atoms with Gasteiger partial charge in [0.05, 0.1) is 12.2 Å². The second-order valence-electron chi connectivity index (χ2n) is 5.73. The zero-order chi connectivity index (χ0) is 17.9. The summed E-state index contributed by atoms with van der Waals surface area (Å²) in [6, 6.07) is 16.6. The molecule has 0 saturated carbocycles. The van der Waals surface area contributed by atoms with Gasteiger partial charge in [-0.25, -0.2) is 4.79 Å². The lowest BCUT2D eigenvalue weighted by molar-refractivity contribution is -0.121. The van der Waals surface area contributed by atoms with Crippen LogP contribution < -0.4 is 5.32 Å². The molecule has 0 aliphatic carbocycles. The largest absolute Gasteiger partial charge is 0.478 e. The molecule has 25 heavy (non-hydrogen) atoms. The molecule has 0 aliphatic rings. The number of rotatable bonds is 10. The number of carboxylic acids is 1. The summed E-state index contributed by atoms with van der Waals surface area (Å²) in [5.41, 5.74) is 2.36. The van der Waals surface area contributed by atoms with Gasteiger partial charge in [-0.2, -0.15) is 0 Å². The third-order valence-electron chi connectivity index (χ3n) is 3.76. The van der Waals surface area contributed by atoms with Gasteiger partial charge in [0.25, 0.3) is 0 Å². The zero-order valence-corrected chi connectivity index (χ0v) is 14.1. The van der Waals surface area contributed by atoms with E-state index in [1.807, 2.05) is 18.2 Å². The average molecular weight is 341 g/mol. The Morgan fingerprint density at radius 3 is 2.32 bits per heavy atom. The summed E-state index contributed by atoms with van der Waals surface area (Å²) in [5, 5.41) is 11.7. The van der Waals surface area contributed by atoms with E-state index in [2.05, 4.69) is 17.4 Å². The van der Waals surface area contributed by atoms with Gasteiger partial charge in [-0.05, 0) is 36.1 Å². The molecule has 0 unspecified atom stereocenters. The van der Waals surface area contributed by atoms with Crippen molar-refractivity contribution in [2.75, 3.05) is 13.2 Å². The van der Waals surface area contributed by atoms with Crippen molar-refractivity contribution < 1.29 is 19.4 Å².